The Morgan fingerprint density at radius 3 is 2.58 bits per heavy atom. The number of carboxylic acid groups (broad SMARTS) is 1. The Balaban J connectivity index is 2.02. The number of carboxylic acids is 1. The summed E-state index contributed by atoms with van der Waals surface area (Å²) in [5.41, 5.74) is -0.517. The van der Waals surface area contributed by atoms with E-state index in [1.807, 2.05) is 6.08 Å². The van der Waals surface area contributed by atoms with Crippen LogP contribution in [0.25, 0.3) is 0 Å². The Morgan fingerprint density at radius 2 is 2.16 bits per heavy atom. The van der Waals surface area contributed by atoms with E-state index >= 15 is 0 Å². The first-order valence-electron chi connectivity index (χ1n) is 7.05. The molecule has 2 aliphatic rings. The summed E-state index contributed by atoms with van der Waals surface area (Å²) in [7, 11) is 0. The molecule has 0 radical (unpaired) electrons. The molecular formula is C15H24O4. The monoisotopic (exact) mass is 268 g/mol. The number of aliphatic hydroxyl groups is 1. The van der Waals surface area contributed by atoms with Crippen LogP contribution in [0.2, 0.25) is 0 Å². The molecule has 0 saturated carbocycles. The number of rotatable bonds is 3. The van der Waals surface area contributed by atoms with Crippen molar-refractivity contribution >= 4 is 5.97 Å². The molecule has 1 fully saturated rings. The highest BCUT2D eigenvalue weighted by Crippen LogP contribution is 2.44. The van der Waals surface area contributed by atoms with Crippen LogP contribution in [0.5, 0.6) is 0 Å². The summed E-state index contributed by atoms with van der Waals surface area (Å²) in [5, 5.41) is 19.0. The van der Waals surface area contributed by atoms with Gasteiger partial charge in [-0.2, -0.15) is 0 Å². The SMILES string of the molecule is CC(C)(O)[C@H]1CC[C@@](C)(C2CC=C(C(=O)O)CC2)O1. The van der Waals surface area contributed by atoms with E-state index < -0.39 is 11.6 Å². The zero-order valence-electron chi connectivity index (χ0n) is 12.0. The van der Waals surface area contributed by atoms with E-state index in [1.165, 1.54) is 0 Å². The molecule has 1 saturated heterocycles. The number of aliphatic carboxylic acids is 1. The largest absolute Gasteiger partial charge is 0.478 e. The molecule has 3 atom stereocenters. The first-order valence-corrected chi connectivity index (χ1v) is 7.05. The van der Waals surface area contributed by atoms with Gasteiger partial charge in [-0.25, -0.2) is 4.79 Å². The second-order valence-electron chi connectivity index (χ2n) is 6.62. The maximum absolute atomic E-state index is 10.9. The lowest BCUT2D eigenvalue weighted by Crippen LogP contribution is -2.41. The van der Waals surface area contributed by atoms with Gasteiger partial charge in [0.25, 0.3) is 0 Å². The predicted octanol–water partition coefficient (Wildman–Crippen LogP) is 2.51. The lowest BCUT2D eigenvalue weighted by Gasteiger charge is -2.37. The second-order valence-corrected chi connectivity index (χ2v) is 6.62. The van der Waals surface area contributed by atoms with Crippen molar-refractivity contribution in [1.29, 1.82) is 0 Å². The van der Waals surface area contributed by atoms with Crippen molar-refractivity contribution in [2.45, 2.75) is 70.2 Å². The fourth-order valence-electron chi connectivity index (χ4n) is 3.24. The van der Waals surface area contributed by atoms with Gasteiger partial charge in [-0.1, -0.05) is 6.08 Å². The number of hydrogen-bond donors (Lipinski definition) is 2. The van der Waals surface area contributed by atoms with Crippen molar-refractivity contribution in [3.63, 3.8) is 0 Å². The highest BCUT2D eigenvalue weighted by molar-refractivity contribution is 5.86. The van der Waals surface area contributed by atoms with Gasteiger partial charge in [0.2, 0.25) is 0 Å². The van der Waals surface area contributed by atoms with E-state index in [4.69, 9.17) is 9.84 Å². The zero-order chi connectivity index (χ0) is 14.3. The second kappa shape index (κ2) is 4.91. The molecule has 4 nitrogen and oxygen atoms in total. The molecule has 4 heteroatoms. The standard InChI is InChI=1S/C15H24O4/c1-14(2,18)12-8-9-15(3,19-12)11-6-4-10(5-7-11)13(16)17/h4,11-12,18H,5-9H2,1-3H3,(H,16,17)/t11?,12-,15+/m1/s1. The minimum Gasteiger partial charge on any atom is -0.478 e. The average Bonchev–Trinajstić information content (AvgIpc) is 2.73. The normalized spacial score (nSPS) is 36.1. The van der Waals surface area contributed by atoms with Gasteiger partial charge in [0, 0.05) is 5.57 Å². The van der Waals surface area contributed by atoms with Crippen molar-refractivity contribution in [1.82, 2.24) is 0 Å². The average molecular weight is 268 g/mol. The molecule has 1 unspecified atom stereocenters. The molecule has 1 heterocycles. The quantitative estimate of drug-likeness (QED) is 0.825. The van der Waals surface area contributed by atoms with Gasteiger partial charge in [-0.05, 0) is 58.8 Å². The van der Waals surface area contributed by atoms with E-state index in [0.717, 1.165) is 25.7 Å². The summed E-state index contributed by atoms with van der Waals surface area (Å²) in [4.78, 5) is 10.9. The van der Waals surface area contributed by atoms with Crippen LogP contribution in [0.15, 0.2) is 11.6 Å². The smallest absolute Gasteiger partial charge is 0.331 e. The summed E-state index contributed by atoms with van der Waals surface area (Å²) >= 11 is 0. The maximum Gasteiger partial charge on any atom is 0.331 e. The molecule has 2 rings (SSSR count). The highest BCUT2D eigenvalue weighted by Gasteiger charge is 2.46. The van der Waals surface area contributed by atoms with Gasteiger partial charge in [-0.15, -0.1) is 0 Å². The molecule has 0 aromatic heterocycles. The number of hydrogen-bond acceptors (Lipinski definition) is 3. The van der Waals surface area contributed by atoms with Gasteiger partial charge < -0.3 is 14.9 Å². The van der Waals surface area contributed by atoms with E-state index in [2.05, 4.69) is 6.92 Å². The van der Waals surface area contributed by atoms with Crippen molar-refractivity contribution in [3.05, 3.63) is 11.6 Å². The van der Waals surface area contributed by atoms with E-state index in [-0.39, 0.29) is 11.7 Å². The third kappa shape index (κ3) is 3.00. The van der Waals surface area contributed by atoms with Gasteiger partial charge in [0.1, 0.15) is 0 Å². The van der Waals surface area contributed by atoms with Crippen LogP contribution >= 0.6 is 0 Å². The topological polar surface area (TPSA) is 66.8 Å². The maximum atomic E-state index is 10.9. The molecule has 1 aliphatic heterocycles. The van der Waals surface area contributed by atoms with Crippen LogP contribution in [-0.2, 0) is 9.53 Å². The zero-order valence-corrected chi connectivity index (χ0v) is 12.0. The van der Waals surface area contributed by atoms with Crippen LogP contribution in [0.1, 0.15) is 52.9 Å². The summed E-state index contributed by atoms with van der Waals surface area (Å²) in [6.45, 7) is 5.67. The van der Waals surface area contributed by atoms with Crippen molar-refractivity contribution in [2.75, 3.05) is 0 Å². The Kier molecular flexibility index (Phi) is 3.76. The molecule has 0 amide bonds. The minimum absolute atomic E-state index is 0.123. The lowest BCUT2D eigenvalue weighted by atomic mass is 9.77. The fraction of sp³-hybridized carbons (Fsp3) is 0.800. The minimum atomic E-state index is -0.811. The molecule has 0 aromatic carbocycles. The molecular weight excluding hydrogens is 244 g/mol. The summed E-state index contributed by atoms with van der Waals surface area (Å²) in [5.74, 6) is -0.451. The summed E-state index contributed by atoms with van der Waals surface area (Å²) in [6.07, 6.45) is 5.75. The Hall–Kier alpha value is -0.870. The van der Waals surface area contributed by atoms with E-state index in [9.17, 15) is 9.90 Å². The van der Waals surface area contributed by atoms with E-state index in [1.54, 1.807) is 13.8 Å². The van der Waals surface area contributed by atoms with E-state index in [0.29, 0.717) is 17.9 Å². The Labute approximate surface area is 114 Å². The summed E-state index contributed by atoms with van der Waals surface area (Å²) in [6, 6.07) is 0. The van der Waals surface area contributed by atoms with Gasteiger partial charge in [0.05, 0.1) is 17.3 Å². The van der Waals surface area contributed by atoms with Crippen molar-refractivity contribution < 1.29 is 19.7 Å². The highest BCUT2D eigenvalue weighted by atomic mass is 16.5. The molecule has 0 aromatic rings. The Morgan fingerprint density at radius 1 is 1.47 bits per heavy atom. The van der Waals surface area contributed by atoms with Crippen molar-refractivity contribution in [3.8, 4) is 0 Å². The number of carbonyl (C=O) groups is 1. The molecule has 1 aliphatic carbocycles. The van der Waals surface area contributed by atoms with Crippen molar-refractivity contribution in [2.24, 2.45) is 5.92 Å². The van der Waals surface area contributed by atoms with Crippen LogP contribution in [0.4, 0.5) is 0 Å². The number of ether oxygens (including phenoxy) is 1. The first kappa shape index (κ1) is 14.5. The molecule has 19 heavy (non-hydrogen) atoms. The molecule has 108 valence electrons. The van der Waals surface area contributed by atoms with Crippen LogP contribution in [0, 0.1) is 5.92 Å². The Bertz CT molecular complexity index is 393. The molecule has 0 spiro atoms. The van der Waals surface area contributed by atoms with Gasteiger partial charge >= 0.3 is 5.97 Å². The van der Waals surface area contributed by atoms with Gasteiger partial charge in [0.15, 0.2) is 0 Å². The fourth-order valence-corrected chi connectivity index (χ4v) is 3.24. The van der Waals surface area contributed by atoms with Crippen LogP contribution in [0.3, 0.4) is 0 Å². The lowest BCUT2D eigenvalue weighted by molar-refractivity contribution is -0.137. The van der Waals surface area contributed by atoms with Crippen LogP contribution < -0.4 is 0 Å². The predicted molar refractivity (Wildman–Crippen MR) is 71.9 cm³/mol. The molecule has 2 N–H and O–H groups in total. The first-order chi connectivity index (χ1) is 8.72. The number of allylic oxidation sites excluding steroid dienone is 1. The third-order valence-electron chi connectivity index (χ3n) is 4.65. The third-order valence-corrected chi connectivity index (χ3v) is 4.65. The van der Waals surface area contributed by atoms with Gasteiger partial charge in [-0.3, -0.25) is 0 Å². The summed E-state index contributed by atoms with van der Waals surface area (Å²) < 4.78 is 6.12. The van der Waals surface area contributed by atoms with Crippen LogP contribution in [-0.4, -0.2) is 33.5 Å². The molecule has 0 bridgehead atoms.